The fraction of sp³-hybridized carbons (Fsp3) is 0.333. The number of phenols is 1. The van der Waals surface area contributed by atoms with E-state index in [1.54, 1.807) is 6.26 Å². The zero-order valence-electron chi connectivity index (χ0n) is 8.95. The minimum atomic E-state index is -0.613. The monoisotopic (exact) mass is 219 g/mol. The largest absolute Gasteiger partial charge is 0.507 e. The van der Waals surface area contributed by atoms with E-state index in [1.807, 2.05) is 13.0 Å². The van der Waals surface area contributed by atoms with E-state index in [2.05, 4.69) is 5.32 Å². The van der Waals surface area contributed by atoms with Crippen LogP contribution in [0.5, 0.6) is 5.75 Å². The molecule has 84 valence electrons. The van der Waals surface area contributed by atoms with Gasteiger partial charge in [-0.1, -0.05) is 6.92 Å². The van der Waals surface area contributed by atoms with Gasteiger partial charge >= 0.3 is 0 Å². The lowest BCUT2D eigenvalue weighted by Crippen LogP contribution is -2.12. The number of hydrogen-bond acceptors (Lipinski definition) is 4. The number of fused-ring (bicyclic) bond motifs is 2. The number of aromatic hydroxyl groups is 1. The number of phenolic OH excluding ortho intramolecular Hbond substituents is 1. The highest BCUT2D eigenvalue weighted by Gasteiger charge is 2.25. The molecular formula is C12H13NO3. The van der Waals surface area contributed by atoms with Crippen molar-refractivity contribution in [1.29, 1.82) is 0 Å². The van der Waals surface area contributed by atoms with E-state index < -0.39 is 6.23 Å². The second-order valence-electron chi connectivity index (χ2n) is 4.10. The first-order valence-corrected chi connectivity index (χ1v) is 5.40. The fourth-order valence-electron chi connectivity index (χ4n) is 2.30. The Morgan fingerprint density at radius 3 is 3.12 bits per heavy atom. The summed E-state index contributed by atoms with van der Waals surface area (Å²) in [5.41, 5.74) is 3.19. The fourth-order valence-corrected chi connectivity index (χ4v) is 2.30. The number of hydrogen-bond donors (Lipinski definition) is 3. The summed E-state index contributed by atoms with van der Waals surface area (Å²) in [6, 6.07) is 1.83. The van der Waals surface area contributed by atoms with Crippen LogP contribution in [0.25, 0.3) is 11.0 Å². The van der Waals surface area contributed by atoms with Crippen molar-refractivity contribution in [1.82, 2.24) is 0 Å². The Bertz CT molecular complexity index is 559. The standard InChI is InChI=1S/C12H13NO3/c1-2-6-5-16-9-4-8-7(3-10(14)13-8)12(15)11(6)9/h4-5,10,13-15H,2-3H2,1H3. The molecule has 0 bridgehead atoms. The minimum Gasteiger partial charge on any atom is -0.507 e. The van der Waals surface area contributed by atoms with Crippen LogP contribution in [0.4, 0.5) is 5.69 Å². The molecule has 1 aliphatic rings. The maximum atomic E-state index is 10.2. The quantitative estimate of drug-likeness (QED) is 0.686. The summed E-state index contributed by atoms with van der Waals surface area (Å²) in [4.78, 5) is 0. The molecule has 0 aliphatic carbocycles. The van der Waals surface area contributed by atoms with Crippen LogP contribution in [0.2, 0.25) is 0 Å². The van der Waals surface area contributed by atoms with E-state index in [4.69, 9.17) is 4.42 Å². The smallest absolute Gasteiger partial charge is 0.139 e. The Morgan fingerprint density at radius 1 is 1.56 bits per heavy atom. The van der Waals surface area contributed by atoms with Crippen molar-refractivity contribution in [3.8, 4) is 5.75 Å². The van der Waals surface area contributed by atoms with Crippen LogP contribution in [0.3, 0.4) is 0 Å². The van der Waals surface area contributed by atoms with Crippen LogP contribution in [-0.4, -0.2) is 16.4 Å². The van der Waals surface area contributed by atoms with Crippen LogP contribution in [0.15, 0.2) is 16.7 Å². The van der Waals surface area contributed by atoms with E-state index in [9.17, 15) is 10.2 Å². The lowest BCUT2D eigenvalue weighted by Gasteiger charge is -2.04. The molecule has 1 aromatic heterocycles. The molecule has 1 aliphatic heterocycles. The normalized spacial score (nSPS) is 18.8. The molecule has 2 aromatic rings. The number of anilines is 1. The molecule has 0 spiro atoms. The van der Waals surface area contributed by atoms with Crippen molar-refractivity contribution in [2.45, 2.75) is 26.0 Å². The van der Waals surface area contributed by atoms with Crippen LogP contribution in [-0.2, 0) is 12.8 Å². The molecular weight excluding hydrogens is 206 g/mol. The summed E-state index contributed by atoms with van der Waals surface area (Å²) >= 11 is 0. The topological polar surface area (TPSA) is 65.6 Å². The van der Waals surface area contributed by atoms with Crippen LogP contribution in [0, 0.1) is 0 Å². The molecule has 2 heterocycles. The summed E-state index contributed by atoms with van der Waals surface area (Å²) in [6.45, 7) is 2.02. The number of aliphatic hydroxyl groups is 1. The minimum absolute atomic E-state index is 0.238. The summed E-state index contributed by atoms with van der Waals surface area (Å²) in [6.07, 6.45) is 2.31. The van der Waals surface area contributed by atoms with Gasteiger partial charge in [-0.2, -0.15) is 0 Å². The van der Waals surface area contributed by atoms with Gasteiger partial charge in [0.25, 0.3) is 0 Å². The van der Waals surface area contributed by atoms with Gasteiger partial charge in [-0.05, 0) is 6.42 Å². The first-order valence-electron chi connectivity index (χ1n) is 5.40. The Labute approximate surface area is 92.5 Å². The van der Waals surface area contributed by atoms with Gasteiger partial charge in [0.15, 0.2) is 0 Å². The van der Waals surface area contributed by atoms with Crippen LogP contribution >= 0.6 is 0 Å². The molecule has 0 saturated heterocycles. The SMILES string of the molecule is CCc1coc2cc3c(c(O)c12)CC(O)N3. The first-order chi connectivity index (χ1) is 7.70. The highest BCUT2D eigenvalue weighted by atomic mass is 16.3. The zero-order chi connectivity index (χ0) is 11.3. The molecule has 0 radical (unpaired) electrons. The van der Waals surface area contributed by atoms with Crippen LogP contribution < -0.4 is 5.32 Å². The Hall–Kier alpha value is -1.68. The van der Waals surface area contributed by atoms with Gasteiger partial charge < -0.3 is 19.9 Å². The number of aryl methyl sites for hydroxylation is 1. The average molecular weight is 219 g/mol. The Morgan fingerprint density at radius 2 is 2.38 bits per heavy atom. The predicted molar refractivity (Wildman–Crippen MR) is 60.6 cm³/mol. The number of rotatable bonds is 1. The lowest BCUT2D eigenvalue weighted by atomic mass is 10.0. The third-order valence-electron chi connectivity index (χ3n) is 3.12. The molecule has 1 aromatic carbocycles. The van der Waals surface area contributed by atoms with Crippen molar-refractivity contribution in [2.24, 2.45) is 0 Å². The van der Waals surface area contributed by atoms with E-state index in [-0.39, 0.29) is 5.75 Å². The number of nitrogens with one attached hydrogen (secondary N) is 1. The summed E-state index contributed by atoms with van der Waals surface area (Å²) in [5.74, 6) is 0.238. The second kappa shape index (κ2) is 3.15. The summed E-state index contributed by atoms with van der Waals surface area (Å²) in [5, 5.41) is 23.3. The van der Waals surface area contributed by atoms with Gasteiger partial charge in [-0.15, -0.1) is 0 Å². The maximum Gasteiger partial charge on any atom is 0.139 e. The number of benzene rings is 1. The highest BCUT2D eigenvalue weighted by molar-refractivity contribution is 5.93. The molecule has 3 N–H and O–H groups in total. The molecule has 4 heteroatoms. The summed E-state index contributed by atoms with van der Waals surface area (Å²) in [7, 11) is 0. The molecule has 1 unspecified atom stereocenters. The first kappa shape index (κ1) is 9.54. The van der Waals surface area contributed by atoms with Gasteiger partial charge in [0.1, 0.15) is 17.6 Å². The molecule has 0 fully saturated rings. The Balaban J connectivity index is 2.32. The molecule has 16 heavy (non-hydrogen) atoms. The molecule has 0 saturated carbocycles. The molecule has 4 nitrogen and oxygen atoms in total. The molecule has 0 amide bonds. The predicted octanol–water partition coefficient (Wildman–Crippen LogP) is 1.99. The number of aliphatic hydroxyl groups excluding tert-OH is 1. The van der Waals surface area contributed by atoms with Crippen molar-refractivity contribution in [3.05, 3.63) is 23.5 Å². The van der Waals surface area contributed by atoms with Gasteiger partial charge in [0.2, 0.25) is 0 Å². The zero-order valence-corrected chi connectivity index (χ0v) is 8.95. The molecule has 3 rings (SSSR count). The van der Waals surface area contributed by atoms with Gasteiger partial charge in [0.05, 0.1) is 11.6 Å². The third-order valence-corrected chi connectivity index (χ3v) is 3.12. The number of furan rings is 1. The summed E-state index contributed by atoms with van der Waals surface area (Å²) < 4.78 is 5.40. The van der Waals surface area contributed by atoms with Gasteiger partial charge in [-0.25, -0.2) is 0 Å². The van der Waals surface area contributed by atoms with Crippen molar-refractivity contribution in [2.75, 3.05) is 5.32 Å². The highest BCUT2D eigenvalue weighted by Crippen LogP contribution is 2.41. The molecule has 1 atom stereocenters. The second-order valence-corrected chi connectivity index (χ2v) is 4.10. The van der Waals surface area contributed by atoms with Crippen molar-refractivity contribution >= 4 is 16.7 Å². The maximum absolute atomic E-state index is 10.2. The van der Waals surface area contributed by atoms with E-state index >= 15 is 0 Å². The van der Waals surface area contributed by atoms with Crippen molar-refractivity contribution in [3.63, 3.8) is 0 Å². The van der Waals surface area contributed by atoms with Crippen molar-refractivity contribution < 1.29 is 14.6 Å². The van der Waals surface area contributed by atoms with E-state index in [0.717, 1.165) is 28.6 Å². The van der Waals surface area contributed by atoms with Gasteiger partial charge in [0, 0.05) is 29.3 Å². The average Bonchev–Trinajstić information content (AvgIpc) is 2.81. The lowest BCUT2D eigenvalue weighted by molar-refractivity contribution is 0.211. The van der Waals surface area contributed by atoms with E-state index in [0.29, 0.717) is 12.0 Å². The van der Waals surface area contributed by atoms with E-state index in [1.165, 1.54) is 0 Å². The van der Waals surface area contributed by atoms with Crippen LogP contribution in [0.1, 0.15) is 18.1 Å². The third kappa shape index (κ3) is 1.13. The van der Waals surface area contributed by atoms with Gasteiger partial charge in [-0.3, -0.25) is 0 Å². The Kier molecular flexibility index (Phi) is 1.88.